The smallest absolute Gasteiger partial charge is 0.251 e. The van der Waals surface area contributed by atoms with Crippen molar-refractivity contribution < 1.29 is 9.18 Å². The molecule has 3 rings (SSSR count). The molecule has 1 aromatic heterocycles. The van der Waals surface area contributed by atoms with Crippen molar-refractivity contribution in [1.82, 2.24) is 15.3 Å². The summed E-state index contributed by atoms with van der Waals surface area (Å²) in [6, 6.07) is 6.69. The summed E-state index contributed by atoms with van der Waals surface area (Å²) in [5.41, 5.74) is 0.993. The highest BCUT2D eigenvalue weighted by molar-refractivity contribution is 5.94. The normalized spacial score (nSPS) is 19.1. The van der Waals surface area contributed by atoms with Gasteiger partial charge in [-0.15, -0.1) is 0 Å². The number of amides is 1. The first-order valence-electron chi connectivity index (χ1n) is 9.73. The average molecular weight is 385 g/mol. The summed E-state index contributed by atoms with van der Waals surface area (Å²) >= 11 is 0. The molecule has 2 aromatic rings. The number of nitrogens with one attached hydrogen (secondary N) is 2. The summed E-state index contributed by atoms with van der Waals surface area (Å²) in [6.07, 6.45) is 5.88. The maximum atomic E-state index is 13.3. The van der Waals surface area contributed by atoms with E-state index in [1.165, 1.54) is 12.1 Å². The third-order valence-electron chi connectivity index (χ3n) is 5.25. The van der Waals surface area contributed by atoms with Crippen LogP contribution in [0.5, 0.6) is 0 Å². The van der Waals surface area contributed by atoms with Gasteiger partial charge in [0.25, 0.3) is 5.91 Å². The van der Waals surface area contributed by atoms with Gasteiger partial charge in [0.15, 0.2) is 0 Å². The Bertz CT molecular complexity index is 818. The second-order valence-electron chi connectivity index (χ2n) is 7.67. The lowest BCUT2D eigenvalue weighted by Gasteiger charge is -2.29. The van der Waals surface area contributed by atoms with E-state index in [0.717, 1.165) is 31.5 Å². The Morgan fingerprint density at radius 3 is 2.64 bits per heavy atom. The van der Waals surface area contributed by atoms with E-state index in [4.69, 9.17) is 0 Å². The first kappa shape index (κ1) is 20.0. The molecule has 7 heteroatoms. The van der Waals surface area contributed by atoms with Crippen LogP contribution < -0.4 is 15.5 Å². The van der Waals surface area contributed by atoms with E-state index in [2.05, 4.69) is 20.6 Å². The molecule has 2 N–H and O–H groups in total. The van der Waals surface area contributed by atoms with Crippen molar-refractivity contribution in [3.63, 3.8) is 0 Å². The maximum Gasteiger partial charge on any atom is 0.251 e. The Kier molecular flexibility index (Phi) is 6.44. The van der Waals surface area contributed by atoms with Gasteiger partial charge in [0.1, 0.15) is 11.6 Å². The molecule has 1 aliphatic rings. The molecule has 1 heterocycles. The number of anilines is 2. The van der Waals surface area contributed by atoms with Crippen LogP contribution in [0.3, 0.4) is 0 Å². The number of benzene rings is 1. The van der Waals surface area contributed by atoms with Crippen LogP contribution >= 0.6 is 0 Å². The van der Waals surface area contributed by atoms with Gasteiger partial charge in [-0.2, -0.15) is 4.98 Å². The number of halogens is 1. The Balaban J connectivity index is 1.44. The molecule has 0 bridgehead atoms. The lowest BCUT2D eigenvalue weighted by Crippen LogP contribution is -2.34. The third-order valence-corrected chi connectivity index (χ3v) is 5.25. The molecule has 1 aromatic carbocycles. The molecule has 0 atom stereocenters. The van der Waals surface area contributed by atoms with Gasteiger partial charge in [-0.05, 0) is 68.4 Å². The topological polar surface area (TPSA) is 70.2 Å². The molecule has 0 aliphatic heterocycles. The zero-order valence-corrected chi connectivity index (χ0v) is 16.7. The van der Waals surface area contributed by atoms with Gasteiger partial charge in [0.05, 0.1) is 0 Å². The largest absolute Gasteiger partial charge is 0.363 e. The Morgan fingerprint density at radius 1 is 1.21 bits per heavy atom. The monoisotopic (exact) mass is 385 g/mol. The van der Waals surface area contributed by atoms with E-state index in [1.807, 2.05) is 25.1 Å². The molecule has 1 amide bonds. The molecule has 0 spiro atoms. The average Bonchev–Trinajstić information content (AvgIpc) is 2.69. The summed E-state index contributed by atoms with van der Waals surface area (Å²) in [5.74, 6) is 1.57. The fraction of sp³-hybridized carbons (Fsp3) is 0.476. The van der Waals surface area contributed by atoms with Crippen molar-refractivity contribution >= 4 is 17.7 Å². The van der Waals surface area contributed by atoms with Crippen LogP contribution in [-0.2, 0) is 0 Å². The van der Waals surface area contributed by atoms with Gasteiger partial charge in [0, 0.05) is 38.4 Å². The lowest BCUT2D eigenvalue weighted by atomic mass is 9.86. The first-order chi connectivity index (χ1) is 13.4. The second-order valence-corrected chi connectivity index (χ2v) is 7.67. The van der Waals surface area contributed by atoms with E-state index in [1.54, 1.807) is 19.2 Å². The Hall–Kier alpha value is -2.70. The van der Waals surface area contributed by atoms with Crippen molar-refractivity contribution in [2.45, 2.75) is 38.6 Å². The highest BCUT2D eigenvalue weighted by Gasteiger charge is 2.22. The molecule has 150 valence electrons. The number of nitrogens with zero attached hydrogens (tertiary/aromatic N) is 3. The molecule has 1 aliphatic carbocycles. The summed E-state index contributed by atoms with van der Waals surface area (Å²) in [4.78, 5) is 23.1. The van der Waals surface area contributed by atoms with E-state index >= 15 is 0 Å². The van der Waals surface area contributed by atoms with Gasteiger partial charge in [0.2, 0.25) is 5.95 Å². The van der Waals surface area contributed by atoms with Gasteiger partial charge in [-0.25, -0.2) is 9.37 Å². The maximum absolute atomic E-state index is 13.3. The second kappa shape index (κ2) is 8.99. The SMILES string of the molecule is Cc1cc(C(=O)NC[C@H]2CC[C@@H](Nc3nccc(N(C)C)n3)CC2)ccc1F. The van der Waals surface area contributed by atoms with E-state index < -0.39 is 0 Å². The fourth-order valence-corrected chi connectivity index (χ4v) is 3.49. The summed E-state index contributed by atoms with van der Waals surface area (Å²) in [7, 11) is 3.91. The molecule has 6 nitrogen and oxygen atoms in total. The van der Waals surface area contributed by atoms with Crippen molar-refractivity contribution in [1.29, 1.82) is 0 Å². The summed E-state index contributed by atoms with van der Waals surface area (Å²) in [5, 5.41) is 6.41. The van der Waals surface area contributed by atoms with Gasteiger partial charge in [-0.3, -0.25) is 4.79 Å². The van der Waals surface area contributed by atoms with Crippen LogP contribution in [-0.4, -0.2) is 42.6 Å². The van der Waals surface area contributed by atoms with Crippen LogP contribution in [0.1, 0.15) is 41.6 Å². The van der Waals surface area contributed by atoms with Crippen LogP contribution in [0.25, 0.3) is 0 Å². The molecule has 1 saturated carbocycles. The van der Waals surface area contributed by atoms with Crippen molar-refractivity contribution in [3.8, 4) is 0 Å². The van der Waals surface area contributed by atoms with Crippen molar-refractivity contribution in [2.75, 3.05) is 30.9 Å². The van der Waals surface area contributed by atoms with Crippen LogP contribution in [0.2, 0.25) is 0 Å². The molecular formula is C21H28FN5O. The Morgan fingerprint density at radius 2 is 1.96 bits per heavy atom. The molecule has 1 fully saturated rings. The molecular weight excluding hydrogens is 357 g/mol. The zero-order valence-electron chi connectivity index (χ0n) is 16.7. The third kappa shape index (κ3) is 5.18. The van der Waals surface area contributed by atoms with E-state index in [9.17, 15) is 9.18 Å². The number of rotatable bonds is 6. The molecule has 0 saturated heterocycles. The number of aryl methyl sites for hydroxylation is 1. The van der Waals surface area contributed by atoms with E-state index in [0.29, 0.717) is 35.6 Å². The highest BCUT2D eigenvalue weighted by atomic mass is 19.1. The van der Waals surface area contributed by atoms with Crippen LogP contribution in [0.4, 0.5) is 16.2 Å². The highest BCUT2D eigenvalue weighted by Crippen LogP contribution is 2.26. The predicted octanol–water partition coefficient (Wildman–Crippen LogP) is 3.39. The molecule has 0 unspecified atom stereocenters. The number of carbonyl (C=O) groups is 1. The van der Waals surface area contributed by atoms with E-state index in [-0.39, 0.29) is 11.7 Å². The number of aromatic nitrogens is 2. The number of hydrogen-bond donors (Lipinski definition) is 2. The Labute approximate surface area is 165 Å². The number of carbonyl (C=O) groups excluding carboxylic acids is 1. The van der Waals surface area contributed by atoms with Gasteiger partial charge >= 0.3 is 0 Å². The van der Waals surface area contributed by atoms with Gasteiger partial charge < -0.3 is 15.5 Å². The minimum atomic E-state index is -0.289. The lowest BCUT2D eigenvalue weighted by molar-refractivity contribution is 0.0943. The van der Waals surface area contributed by atoms with Gasteiger partial charge in [-0.1, -0.05) is 0 Å². The zero-order chi connectivity index (χ0) is 20.1. The quantitative estimate of drug-likeness (QED) is 0.798. The fourth-order valence-electron chi connectivity index (χ4n) is 3.49. The minimum absolute atomic E-state index is 0.141. The van der Waals surface area contributed by atoms with Crippen molar-refractivity contribution in [2.24, 2.45) is 5.92 Å². The van der Waals surface area contributed by atoms with Crippen molar-refractivity contribution in [3.05, 3.63) is 47.4 Å². The molecule has 28 heavy (non-hydrogen) atoms. The first-order valence-corrected chi connectivity index (χ1v) is 9.73. The number of hydrogen-bond acceptors (Lipinski definition) is 5. The molecule has 0 radical (unpaired) electrons. The standard InChI is InChI=1S/C21H28FN5O/c1-14-12-16(6-9-18(14)22)20(28)24-13-15-4-7-17(8-5-15)25-21-23-11-10-19(26-21)27(2)3/h6,9-12,15,17H,4-5,7-8,13H2,1-3H3,(H,24,28)(H,23,25,26)/t15-,17+. The predicted molar refractivity (Wildman–Crippen MR) is 109 cm³/mol. The summed E-state index contributed by atoms with van der Waals surface area (Å²) in [6.45, 7) is 2.31. The van der Waals surface area contributed by atoms with Crippen LogP contribution in [0, 0.1) is 18.7 Å². The minimum Gasteiger partial charge on any atom is -0.363 e. The summed E-state index contributed by atoms with van der Waals surface area (Å²) < 4.78 is 13.3. The van der Waals surface area contributed by atoms with Crippen LogP contribution in [0.15, 0.2) is 30.5 Å².